The van der Waals surface area contributed by atoms with Gasteiger partial charge in [0.1, 0.15) is 17.1 Å². The van der Waals surface area contributed by atoms with Gasteiger partial charge < -0.3 is 26.2 Å². The third kappa shape index (κ3) is 7.12. The van der Waals surface area contributed by atoms with Crippen molar-refractivity contribution in [2.45, 2.75) is 44.7 Å². The van der Waals surface area contributed by atoms with E-state index in [1.54, 1.807) is 0 Å². The van der Waals surface area contributed by atoms with Crippen LogP contribution in [0.25, 0.3) is 0 Å². The average Bonchev–Trinajstić information content (AvgIpc) is 2.90. The lowest BCUT2D eigenvalue weighted by Crippen LogP contribution is -2.44. The predicted octanol–water partition coefficient (Wildman–Crippen LogP) is 1.53. The van der Waals surface area contributed by atoms with Gasteiger partial charge in [-0.1, -0.05) is 6.92 Å². The third-order valence-electron chi connectivity index (χ3n) is 6.47. The highest BCUT2D eigenvalue weighted by atomic mass is 32.2. The number of hydrogen-bond acceptors (Lipinski definition) is 10. The number of nitrogens with one attached hydrogen (secondary N) is 2. The van der Waals surface area contributed by atoms with Gasteiger partial charge in [-0.15, -0.1) is 0 Å². The number of piperidine rings is 1. The van der Waals surface area contributed by atoms with Gasteiger partial charge in [0.2, 0.25) is 21.8 Å². The first-order chi connectivity index (χ1) is 18.1. The molecule has 1 saturated heterocycles. The molecule has 2 heterocycles. The van der Waals surface area contributed by atoms with Crippen LogP contribution in [-0.4, -0.2) is 84.8 Å². The summed E-state index contributed by atoms with van der Waals surface area (Å²) < 4.78 is 59.9. The molecule has 1 aromatic heterocycles. The lowest BCUT2D eigenvalue weighted by Gasteiger charge is -2.31. The fraction of sp³-hybridized carbons (Fsp3) is 0.542. The lowest BCUT2D eigenvalue weighted by molar-refractivity contribution is 0.103. The summed E-state index contributed by atoms with van der Waals surface area (Å²) in [5, 5.41) is 15.4. The number of aromatic nitrogens is 2. The van der Waals surface area contributed by atoms with Crippen molar-refractivity contribution in [3.8, 4) is 5.75 Å². The van der Waals surface area contributed by atoms with Crippen LogP contribution in [0.4, 0.5) is 20.5 Å². The maximum Gasteiger partial charge on any atom is 0.224 e. The molecule has 11 nitrogen and oxygen atoms in total. The lowest BCUT2D eigenvalue weighted by atomic mass is 10.0. The molecule has 1 aliphatic rings. The molecule has 1 fully saturated rings. The minimum Gasteiger partial charge on any atom is -0.496 e. The fourth-order valence-electron chi connectivity index (χ4n) is 4.18. The molecular formula is C24H34F2N6O5S. The molecule has 38 heavy (non-hydrogen) atoms. The first-order valence-electron chi connectivity index (χ1n) is 12.4. The van der Waals surface area contributed by atoms with Gasteiger partial charge in [-0.2, -0.15) is 4.98 Å². The van der Waals surface area contributed by atoms with E-state index in [2.05, 4.69) is 20.6 Å². The van der Waals surface area contributed by atoms with Crippen molar-refractivity contribution in [3.63, 3.8) is 0 Å². The molecule has 210 valence electrons. The second-order valence-corrected chi connectivity index (χ2v) is 11.1. The molecule has 1 aliphatic heterocycles. The number of sulfonamides is 1. The molecule has 1 aromatic carbocycles. The highest BCUT2D eigenvalue weighted by Crippen LogP contribution is 2.28. The zero-order chi connectivity index (χ0) is 27.9. The number of carbonyl (C=O) groups is 1. The number of hydrogen-bond donors (Lipinski definition) is 4. The predicted molar refractivity (Wildman–Crippen MR) is 139 cm³/mol. The van der Waals surface area contributed by atoms with Crippen LogP contribution in [0, 0.1) is 11.6 Å². The van der Waals surface area contributed by atoms with Crippen molar-refractivity contribution in [1.29, 1.82) is 0 Å². The fourth-order valence-corrected chi connectivity index (χ4v) is 5.71. The summed E-state index contributed by atoms with van der Waals surface area (Å²) in [5.74, 6) is -3.70. The maximum atomic E-state index is 14.3. The van der Waals surface area contributed by atoms with Gasteiger partial charge in [0.15, 0.2) is 11.6 Å². The number of rotatable bonds is 13. The summed E-state index contributed by atoms with van der Waals surface area (Å²) >= 11 is 0. The number of carbonyl (C=O) groups excluding carboxylic acids is 1. The van der Waals surface area contributed by atoms with Gasteiger partial charge in [-0.25, -0.2) is 26.5 Å². The number of anilines is 2. The Kier molecular flexibility index (Phi) is 10.3. The topological polar surface area (TPSA) is 160 Å². The molecule has 5 N–H and O–H groups in total. The Balaban J connectivity index is 1.56. The normalized spacial score (nSPS) is 15.8. The number of nitrogen functional groups attached to an aromatic ring is 1. The van der Waals surface area contributed by atoms with Gasteiger partial charge in [0.25, 0.3) is 0 Å². The number of nitrogens with two attached hydrogens (primary N) is 1. The molecule has 0 aliphatic carbocycles. The van der Waals surface area contributed by atoms with Crippen molar-refractivity contribution >= 4 is 27.6 Å². The van der Waals surface area contributed by atoms with E-state index in [0.717, 1.165) is 24.8 Å². The molecule has 3 rings (SSSR count). The Morgan fingerprint density at radius 2 is 2.03 bits per heavy atom. The molecule has 0 unspecified atom stereocenters. The molecule has 2 aromatic rings. The van der Waals surface area contributed by atoms with E-state index in [1.807, 2.05) is 6.92 Å². The van der Waals surface area contributed by atoms with E-state index in [-0.39, 0.29) is 47.5 Å². The van der Waals surface area contributed by atoms with Gasteiger partial charge in [0.05, 0.1) is 25.0 Å². The van der Waals surface area contributed by atoms with E-state index in [1.165, 1.54) is 11.4 Å². The highest BCUT2D eigenvalue weighted by Gasteiger charge is 2.29. The van der Waals surface area contributed by atoms with E-state index in [9.17, 15) is 27.1 Å². The Morgan fingerprint density at radius 3 is 2.63 bits per heavy atom. The van der Waals surface area contributed by atoms with Crippen molar-refractivity contribution in [2.24, 2.45) is 0 Å². The minimum absolute atomic E-state index is 0.0124. The van der Waals surface area contributed by atoms with E-state index < -0.39 is 33.0 Å². The number of methoxy groups -OCH3 is 1. The van der Waals surface area contributed by atoms with Crippen molar-refractivity contribution in [3.05, 3.63) is 41.1 Å². The Morgan fingerprint density at radius 1 is 1.32 bits per heavy atom. The smallest absolute Gasteiger partial charge is 0.224 e. The number of nitrogens with zero attached hydrogens (tertiary/aromatic N) is 3. The largest absolute Gasteiger partial charge is 0.496 e. The number of aliphatic hydroxyl groups is 1. The summed E-state index contributed by atoms with van der Waals surface area (Å²) in [6.07, 6.45) is 3.36. The second kappa shape index (κ2) is 13.2. The van der Waals surface area contributed by atoms with Crippen LogP contribution >= 0.6 is 0 Å². The summed E-state index contributed by atoms with van der Waals surface area (Å²) in [6.45, 7) is 3.12. The van der Waals surface area contributed by atoms with Crippen LogP contribution in [0.1, 0.15) is 48.5 Å². The Labute approximate surface area is 220 Å². The molecule has 0 bridgehead atoms. The average molecular weight is 557 g/mol. The van der Waals surface area contributed by atoms with Crippen LogP contribution in [0.2, 0.25) is 0 Å². The number of halogens is 2. The molecule has 0 spiro atoms. The third-order valence-corrected chi connectivity index (χ3v) is 8.43. The zero-order valence-electron chi connectivity index (χ0n) is 21.4. The van der Waals surface area contributed by atoms with Crippen LogP contribution < -0.4 is 21.1 Å². The van der Waals surface area contributed by atoms with Gasteiger partial charge in [-0.05, 0) is 44.4 Å². The molecule has 14 heteroatoms. The highest BCUT2D eigenvalue weighted by molar-refractivity contribution is 7.89. The first-order valence-corrected chi connectivity index (χ1v) is 14.0. The van der Waals surface area contributed by atoms with Crippen molar-refractivity contribution < 1.29 is 31.8 Å². The minimum atomic E-state index is -3.40. The summed E-state index contributed by atoms with van der Waals surface area (Å²) in [4.78, 5) is 21.1. The molecular weight excluding hydrogens is 522 g/mol. The molecule has 0 saturated carbocycles. The number of ketones is 1. The van der Waals surface area contributed by atoms with E-state index in [4.69, 9.17) is 10.5 Å². The monoisotopic (exact) mass is 556 g/mol. The zero-order valence-corrected chi connectivity index (χ0v) is 22.2. The standard InChI is InChI=1S/C24H34F2N6O5S/c1-3-15(14-33)28-9-4-12-38(35,36)32-10-7-16(8-11-32)30-24-29-13-17(23(27)31-24)22(34)20-19(37-2)6-5-18(25)21(20)26/h5-6,13,15-16,28,33H,3-4,7-12,14H2,1-2H3,(H3,27,29,30,31)/t15-/m0/s1. The molecule has 0 radical (unpaired) electrons. The van der Waals surface area contributed by atoms with Gasteiger partial charge in [0, 0.05) is 31.4 Å². The number of ether oxygens (including phenoxy) is 1. The maximum absolute atomic E-state index is 14.3. The summed E-state index contributed by atoms with van der Waals surface area (Å²) in [6, 6.07) is 1.83. The van der Waals surface area contributed by atoms with Crippen LogP contribution in [0.5, 0.6) is 5.75 Å². The second-order valence-electron chi connectivity index (χ2n) is 8.99. The van der Waals surface area contributed by atoms with E-state index >= 15 is 0 Å². The Bertz CT molecular complexity index is 1220. The van der Waals surface area contributed by atoms with E-state index in [0.29, 0.717) is 38.9 Å². The van der Waals surface area contributed by atoms with Crippen LogP contribution in [0.15, 0.2) is 18.3 Å². The SMILES string of the molecule is CC[C@@H](CO)NCCCS(=O)(=O)N1CCC(Nc2ncc(C(=O)c3c(OC)ccc(F)c3F)c(N)n2)CC1. The van der Waals surface area contributed by atoms with Crippen LogP contribution in [-0.2, 0) is 10.0 Å². The summed E-state index contributed by atoms with van der Waals surface area (Å²) in [5.41, 5.74) is 5.13. The first kappa shape index (κ1) is 29.6. The van der Waals surface area contributed by atoms with Crippen LogP contribution in [0.3, 0.4) is 0 Å². The van der Waals surface area contributed by atoms with Crippen molar-refractivity contribution in [1.82, 2.24) is 19.6 Å². The molecule has 1 atom stereocenters. The summed E-state index contributed by atoms with van der Waals surface area (Å²) in [7, 11) is -2.18. The quantitative estimate of drug-likeness (QED) is 0.210. The number of benzene rings is 1. The van der Waals surface area contributed by atoms with Crippen molar-refractivity contribution in [2.75, 3.05) is 50.2 Å². The molecule has 0 amide bonds. The Hall–Kier alpha value is -2.94. The van der Waals surface area contributed by atoms with Gasteiger partial charge in [-0.3, -0.25) is 4.79 Å². The number of aliphatic hydroxyl groups excluding tert-OH is 1. The van der Waals surface area contributed by atoms with Gasteiger partial charge >= 0.3 is 0 Å².